The first kappa shape index (κ1) is 83.8. The van der Waals surface area contributed by atoms with E-state index in [2.05, 4.69) is 53.3 Å². The lowest BCUT2D eigenvalue weighted by atomic mass is 9.81. The average molecular weight is 1660 g/mol. The number of fused-ring (bicyclic) bond motifs is 12. The molecule has 632 valence electrons. The van der Waals surface area contributed by atoms with Crippen LogP contribution in [0.2, 0.25) is 0 Å². The lowest BCUT2D eigenvalue weighted by Crippen LogP contribution is -2.61. The highest BCUT2D eigenvalue weighted by molar-refractivity contribution is 9.10. The van der Waals surface area contributed by atoms with Crippen molar-refractivity contribution in [3.63, 3.8) is 0 Å². The maximum absolute atomic E-state index is 14.5. The zero-order valence-corrected chi connectivity index (χ0v) is 67.3. The largest absolute Gasteiger partial charge is 0.394 e. The van der Waals surface area contributed by atoms with Crippen molar-refractivity contribution in [2.45, 2.75) is 398 Å². The van der Waals surface area contributed by atoms with Gasteiger partial charge in [-0.05, 0) is 152 Å². The Balaban J connectivity index is 0.000000159. The van der Waals surface area contributed by atoms with Crippen LogP contribution in [0.15, 0.2) is 73.9 Å². The fourth-order valence-corrected chi connectivity index (χ4v) is 22.7. The summed E-state index contributed by atoms with van der Waals surface area (Å²) in [6.07, 6.45) is 4.82. The maximum atomic E-state index is 14.5. The number of methoxy groups -OCH3 is 2. The highest BCUT2D eigenvalue weighted by atomic mass is 79.9. The van der Waals surface area contributed by atoms with E-state index in [1.165, 1.54) is 7.11 Å². The molecule has 113 heavy (non-hydrogen) atoms. The number of carbonyl (C=O) groups excluding carboxylic acids is 2. The third kappa shape index (κ3) is 17.3. The molecule has 0 amide bonds. The minimum Gasteiger partial charge on any atom is -0.394 e. The summed E-state index contributed by atoms with van der Waals surface area (Å²) in [5, 5.41) is 30.6. The molecule has 0 aromatic heterocycles. The number of alkyl halides is 5. The number of hydrogen-bond acceptors (Lipinski definition) is 23. The first-order valence-corrected chi connectivity index (χ1v) is 42.9. The second-order valence-corrected chi connectivity index (χ2v) is 37.1. The molecule has 3 N–H and O–H groups in total. The Hall–Kier alpha value is -2.86. The number of halogens is 5. The molecular weight excluding hydrogens is 1540 g/mol. The molecule has 20 heterocycles. The van der Waals surface area contributed by atoms with Crippen LogP contribution in [0.25, 0.3) is 0 Å². The minimum atomic E-state index is -3.51. The van der Waals surface area contributed by atoms with E-state index in [1.54, 1.807) is 7.11 Å². The number of ketones is 2. The third-order valence-electron chi connectivity index (χ3n) is 28.5. The first-order chi connectivity index (χ1) is 54.0. The molecule has 24 bridgehead atoms. The Kier molecular flexibility index (Phi) is 25.1. The summed E-state index contributed by atoms with van der Waals surface area (Å²) in [5.74, 6) is -5.39. The number of aliphatic hydroxyl groups is 3. The van der Waals surface area contributed by atoms with E-state index in [1.807, 2.05) is 15.9 Å². The van der Waals surface area contributed by atoms with Crippen molar-refractivity contribution >= 4 is 27.5 Å². The van der Waals surface area contributed by atoms with Gasteiger partial charge >= 0.3 is 4.83 Å². The maximum Gasteiger partial charge on any atom is 0.319 e. The quantitative estimate of drug-likeness (QED) is 0.104. The number of rotatable bonds is 10. The monoisotopic (exact) mass is 1660 g/mol. The molecule has 28 heteroatoms. The number of aliphatic hydroxyl groups excluding tert-OH is 3. The zero-order valence-electron chi connectivity index (χ0n) is 65.7. The van der Waals surface area contributed by atoms with Crippen LogP contribution in [-0.2, 0) is 94.9 Å². The molecule has 2 spiro atoms. The lowest BCUT2D eigenvalue weighted by molar-refractivity contribution is -0.292. The van der Waals surface area contributed by atoms with Crippen LogP contribution in [0.5, 0.6) is 0 Å². The summed E-state index contributed by atoms with van der Waals surface area (Å²) in [7, 11) is 3.12. The van der Waals surface area contributed by atoms with Crippen molar-refractivity contribution < 1.29 is 128 Å². The highest BCUT2D eigenvalue weighted by Crippen LogP contribution is 2.58. The van der Waals surface area contributed by atoms with Crippen molar-refractivity contribution in [1.29, 1.82) is 0 Å². The summed E-state index contributed by atoms with van der Waals surface area (Å²) in [4.78, 5) is 25.2. The fraction of sp³-hybridized carbons (Fsp3) is 0.835. The van der Waals surface area contributed by atoms with Gasteiger partial charge in [0.15, 0.2) is 11.6 Å². The van der Waals surface area contributed by atoms with E-state index in [0.717, 1.165) is 92.9 Å². The Labute approximate surface area is 668 Å². The molecule has 0 aromatic rings. The number of hydrogen-bond donors (Lipinski definition) is 3. The summed E-state index contributed by atoms with van der Waals surface area (Å²) < 4.78 is 171. The van der Waals surface area contributed by atoms with E-state index in [0.29, 0.717) is 69.9 Å². The van der Waals surface area contributed by atoms with Gasteiger partial charge in [-0.1, -0.05) is 53.3 Å². The van der Waals surface area contributed by atoms with Gasteiger partial charge < -0.3 is 101 Å². The number of ether oxygens (including phenoxy) is 18. The van der Waals surface area contributed by atoms with Crippen molar-refractivity contribution in [3.8, 4) is 0 Å². The van der Waals surface area contributed by atoms with Gasteiger partial charge in [0.1, 0.15) is 78.7 Å². The van der Waals surface area contributed by atoms with E-state index < -0.39 is 83.2 Å². The van der Waals surface area contributed by atoms with Gasteiger partial charge in [-0.15, -0.1) is 0 Å². The molecular formula is C85H119BrF4O23. The standard InChI is InChI=1S/C42H58F2O11.C40H58O12.C3H3BrF2/c1-6-42(43,44)34(46)18-32-35(47-5)27-16-23(45)15-25-8-10-29-36(50-25)40-39-38(52-29)37-33(53-39)19-41(54-37,55-40)12-11-26-14-21(3)28(48-26)9-7-24-13-20(2)22(4)30(49-24)17-31(27)51-32;1-19-11-24-5-7-28-20(2)12-26(45-28)9-10-40-17-33-36(51-40)37-38(50-33)39(52-40)35-29(49-37)8-6-25(47-35)13-22(42)14-27-31(16-30(46-24)21(19)3)48-32(34(27)44-4)15-23(43)18-41;1-2-3(4,5)6/h6,20,24-40,46H,1,3-4,7-19H2,2,5H3;19,23-39,41,43H,2-3,5-18H2,1,4H3;2H,1H2/t20?,24?,25?,26?,27?,28?,29?,30?,31?,32?,33?,34?,35?,36?,37?,38-,39?,40?,41?;19?,23?,24?,25?,26?,27?,28?,29?,30?,31?,32?,33?,34?,35?,36?,37-,38?,39?,40?;/m00./s1. The normalized spacial score (nSPS) is 49.2. The van der Waals surface area contributed by atoms with Crippen LogP contribution < -0.4 is 0 Å². The second kappa shape index (κ2) is 33.9. The van der Waals surface area contributed by atoms with Gasteiger partial charge in [0.2, 0.25) is 0 Å². The molecule has 20 saturated heterocycles. The number of Topliss-reactive ketones (excluding diaryl/α,β-unsaturated/α-hetero) is 2. The molecule has 36 unspecified atom stereocenters. The second-order valence-electron chi connectivity index (χ2n) is 36.1. The Morgan fingerprint density at radius 2 is 0.850 bits per heavy atom. The lowest BCUT2D eigenvalue weighted by Gasteiger charge is -2.47. The molecule has 0 aromatic carbocycles. The Morgan fingerprint density at radius 1 is 0.460 bits per heavy atom. The number of allylic oxidation sites excluding steroid dienone is 1. The SMILES string of the molecule is C=C1CC2CCC34CC5OC6C(O3)C3OC(CCC3O[C@H]6C5O4)CC(=O)CC3C(CC4OC(CCC1O2)CC(C)C4=C)OC(CC(O)CO)C3OC.C=CC(F)(F)Br.C=CC(F)(F)C(O)CC1OC2CC3OC(CCC4OC(CCC56CC7OC8C(O5)C5OC(CCC5O[C@H]8C7O6)CC(=O)CC2C1OC)CC4=C)CC(C)C3=C. The molecule has 0 saturated carbocycles. The molecule has 0 radical (unpaired) electrons. The van der Waals surface area contributed by atoms with Gasteiger partial charge in [0.25, 0.3) is 5.92 Å². The van der Waals surface area contributed by atoms with E-state index in [4.69, 9.17) is 85.3 Å². The van der Waals surface area contributed by atoms with Crippen LogP contribution in [-0.4, -0.2) is 265 Å². The van der Waals surface area contributed by atoms with Crippen molar-refractivity contribution in [2.75, 3.05) is 20.8 Å². The van der Waals surface area contributed by atoms with Crippen LogP contribution in [0.4, 0.5) is 17.6 Å². The smallest absolute Gasteiger partial charge is 0.319 e. The first-order valence-electron chi connectivity index (χ1n) is 42.1. The number of carbonyl (C=O) groups is 2. The van der Waals surface area contributed by atoms with E-state index in [9.17, 15) is 42.5 Å². The summed E-state index contributed by atoms with van der Waals surface area (Å²) in [5.41, 5.74) is 4.20. The Morgan fingerprint density at radius 3 is 1.27 bits per heavy atom. The molecule has 0 aliphatic carbocycles. The van der Waals surface area contributed by atoms with E-state index in [-0.39, 0.29) is 215 Å². The molecule has 23 nitrogen and oxygen atoms in total. The van der Waals surface area contributed by atoms with Gasteiger partial charge in [0.05, 0.1) is 135 Å². The predicted molar refractivity (Wildman–Crippen MR) is 401 cm³/mol. The molecule has 20 aliphatic heterocycles. The molecule has 20 aliphatic rings. The van der Waals surface area contributed by atoms with Crippen molar-refractivity contribution in [1.82, 2.24) is 0 Å². The zero-order chi connectivity index (χ0) is 79.5. The van der Waals surface area contributed by atoms with Gasteiger partial charge in [-0.2, -0.15) is 17.6 Å². The minimum absolute atomic E-state index is 0.00153. The molecule has 38 atom stereocenters. The predicted octanol–water partition coefficient (Wildman–Crippen LogP) is 10.9. The summed E-state index contributed by atoms with van der Waals surface area (Å²) in [6, 6.07) is 0. The molecule has 20 rings (SSSR count). The third-order valence-corrected chi connectivity index (χ3v) is 28.8. The van der Waals surface area contributed by atoms with Gasteiger partial charge in [-0.3, -0.25) is 9.59 Å². The topological polar surface area (TPSA) is 261 Å². The van der Waals surface area contributed by atoms with Crippen LogP contribution in [0, 0.1) is 23.7 Å². The summed E-state index contributed by atoms with van der Waals surface area (Å²) in [6.45, 7) is 27.7. The van der Waals surface area contributed by atoms with Gasteiger partial charge in [-0.25, -0.2) is 0 Å². The van der Waals surface area contributed by atoms with Gasteiger partial charge in [0, 0.05) is 103 Å². The van der Waals surface area contributed by atoms with E-state index >= 15 is 0 Å². The average Bonchev–Trinajstić information content (AvgIpc) is 1.55. The van der Waals surface area contributed by atoms with Crippen molar-refractivity contribution in [2.24, 2.45) is 23.7 Å². The van der Waals surface area contributed by atoms with Crippen LogP contribution >= 0.6 is 15.9 Å². The summed E-state index contributed by atoms with van der Waals surface area (Å²) >= 11 is 2.03. The molecule has 20 fully saturated rings. The van der Waals surface area contributed by atoms with Crippen molar-refractivity contribution in [3.05, 3.63) is 73.9 Å². The van der Waals surface area contributed by atoms with Crippen LogP contribution in [0.1, 0.15) is 181 Å². The fourth-order valence-electron chi connectivity index (χ4n) is 22.7. The van der Waals surface area contributed by atoms with Crippen LogP contribution in [0.3, 0.4) is 0 Å². The highest BCUT2D eigenvalue weighted by Gasteiger charge is 2.71. The Bertz CT molecular complexity index is 3480.